The van der Waals surface area contributed by atoms with E-state index < -0.39 is 0 Å². The van der Waals surface area contributed by atoms with Crippen molar-refractivity contribution in [2.45, 2.75) is 39.3 Å². The topological polar surface area (TPSA) is 45.1 Å². The lowest BCUT2D eigenvalue weighted by molar-refractivity contribution is 0.315. The molecule has 2 aromatic carbocycles. The number of rotatable bonds is 8. The Morgan fingerprint density at radius 2 is 1.78 bits per heavy atom. The van der Waals surface area contributed by atoms with Crippen molar-refractivity contribution in [2.75, 3.05) is 18.4 Å². The molecule has 1 aliphatic rings. The summed E-state index contributed by atoms with van der Waals surface area (Å²) in [4.78, 5) is 7.03. The first-order valence-electron chi connectivity index (χ1n) is 12.7. The highest BCUT2D eigenvalue weighted by Crippen LogP contribution is 2.41. The molecule has 1 fully saturated rings. The number of benzene rings is 2. The van der Waals surface area contributed by atoms with Gasteiger partial charge in [0.25, 0.3) is 0 Å². The van der Waals surface area contributed by atoms with Gasteiger partial charge in [-0.2, -0.15) is 0 Å². The fourth-order valence-corrected chi connectivity index (χ4v) is 5.80. The Bertz CT molecular complexity index is 1390. The summed E-state index contributed by atoms with van der Waals surface area (Å²) in [5.74, 6) is 0. The number of aromatic nitrogens is 2. The number of hydrogen-bond acceptors (Lipinski definition) is 3. The number of pyridine rings is 1. The van der Waals surface area contributed by atoms with Gasteiger partial charge in [-0.15, -0.1) is 0 Å². The molecule has 2 N–H and O–H groups in total. The van der Waals surface area contributed by atoms with E-state index in [0.717, 1.165) is 46.7 Å². The van der Waals surface area contributed by atoms with Crippen molar-refractivity contribution in [3.8, 4) is 5.69 Å². The predicted octanol–water partition coefficient (Wildman–Crippen LogP) is 6.93. The summed E-state index contributed by atoms with van der Waals surface area (Å²) in [7, 11) is 0. The van der Waals surface area contributed by atoms with Crippen LogP contribution in [0.2, 0.25) is 5.02 Å². The van der Waals surface area contributed by atoms with Crippen LogP contribution in [0.5, 0.6) is 0 Å². The number of halogens is 1. The first kappa shape index (κ1) is 25.3. The van der Waals surface area contributed by atoms with Gasteiger partial charge in [0, 0.05) is 47.1 Å². The zero-order chi connectivity index (χ0) is 25.9. The minimum absolute atomic E-state index is 0.0264. The van der Waals surface area contributed by atoms with Crippen molar-refractivity contribution in [3.63, 3.8) is 0 Å². The molecule has 2 unspecified atom stereocenters. The lowest BCUT2D eigenvalue weighted by Crippen LogP contribution is -2.31. The number of anilines is 1. The van der Waals surface area contributed by atoms with Crippen molar-refractivity contribution in [2.24, 2.45) is 0 Å². The van der Waals surface area contributed by atoms with Gasteiger partial charge < -0.3 is 20.1 Å². The molecule has 0 spiro atoms. The lowest BCUT2D eigenvalue weighted by atomic mass is 9.96. The molecule has 1 aliphatic heterocycles. The van der Waals surface area contributed by atoms with Gasteiger partial charge in [-0.3, -0.25) is 4.98 Å². The zero-order valence-electron chi connectivity index (χ0n) is 21.4. The molecule has 5 rings (SSSR count). The van der Waals surface area contributed by atoms with Crippen molar-refractivity contribution in [1.82, 2.24) is 19.8 Å². The van der Waals surface area contributed by atoms with Gasteiger partial charge in [0.2, 0.25) is 0 Å². The summed E-state index contributed by atoms with van der Waals surface area (Å²) in [6.07, 6.45) is 2.80. The van der Waals surface area contributed by atoms with E-state index in [1.165, 1.54) is 22.5 Å². The number of hydrogen-bond donors (Lipinski definition) is 2. The molecule has 37 heavy (non-hydrogen) atoms. The second kappa shape index (κ2) is 11.0. The summed E-state index contributed by atoms with van der Waals surface area (Å²) >= 11 is 12.3. The van der Waals surface area contributed by atoms with Gasteiger partial charge in [-0.05, 0) is 93.0 Å². The average molecular weight is 530 g/mol. The second-order valence-electron chi connectivity index (χ2n) is 9.56. The first-order chi connectivity index (χ1) is 17.9. The van der Waals surface area contributed by atoms with Gasteiger partial charge in [0.15, 0.2) is 5.11 Å². The molecule has 7 heteroatoms. The minimum Gasteiger partial charge on any atom is -0.385 e. The van der Waals surface area contributed by atoms with E-state index in [1.807, 2.05) is 48.7 Å². The van der Waals surface area contributed by atoms with Crippen molar-refractivity contribution < 1.29 is 0 Å². The van der Waals surface area contributed by atoms with Crippen molar-refractivity contribution in [1.29, 1.82) is 0 Å². The quantitative estimate of drug-likeness (QED) is 0.191. The van der Waals surface area contributed by atoms with E-state index in [-0.39, 0.29) is 12.1 Å². The van der Waals surface area contributed by atoms with Gasteiger partial charge >= 0.3 is 0 Å². The molecule has 190 valence electrons. The van der Waals surface area contributed by atoms with E-state index in [1.54, 1.807) is 0 Å². The zero-order valence-corrected chi connectivity index (χ0v) is 23.0. The van der Waals surface area contributed by atoms with Crippen LogP contribution in [0.15, 0.2) is 79.0 Å². The summed E-state index contributed by atoms with van der Waals surface area (Å²) < 4.78 is 2.31. The third-order valence-corrected chi connectivity index (χ3v) is 7.66. The average Bonchev–Trinajstić information content (AvgIpc) is 3.39. The van der Waals surface area contributed by atoms with Crippen LogP contribution < -0.4 is 10.6 Å². The molecular formula is C30H32ClN5S. The SMILES string of the molecule is Cc1ccc(Cl)cc1-n1c(C)cc(C2C(c3ccccn3)NC(=S)N2CCCNc2ccccc2)c1C. The highest BCUT2D eigenvalue weighted by molar-refractivity contribution is 7.80. The number of para-hydroxylation sites is 1. The molecule has 2 atom stereocenters. The molecule has 1 saturated heterocycles. The number of aryl methyl sites for hydroxylation is 2. The van der Waals surface area contributed by atoms with Crippen LogP contribution in [0.1, 0.15) is 46.7 Å². The van der Waals surface area contributed by atoms with Crippen LogP contribution in [0.25, 0.3) is 5.69 Å². The van der Waals surface area contributed by atoms with Crippen LogP contribution in [0.3, 0.4) is 0 Å². The Labute approximate surface area is 229 Å². The number of nitrogens with zero attached hydrogens (tertiary/aromatic N) is 3. The molecule has 0 radical (unpaired) electrons. The molecule has 0 saturated carbocycles. The van der Waals surface area contributed by atoms with E-state index in [9.17, 15) is 0 Å². The Morgan fingerprint density at radius 3 is 2.54 bits per heavy atom. The lowest BCUT2D eigenvalue weighted by Gasteiger charge is -2.28. The van der Waals surface area contributed by atoms with Gasteiger partial charge in [0.05, 0.1) is 17.8 Å². The van der Waals surface area contributed by atoms with E-state index >= 15 is 0 Å². The second-order valence-corrected chi connectivity index (χ2v) is 10.4. The third kappa shape index (κ3) is 5.22. The van der Waals surface area contributed by atoms with E-state index in [2.05, 4.69) is 71.2 Å². The van der Waals surface area contributed by atoms with Crippen molar-refractivity contribution in [3.05, 3.63) is 112 Å². The van der Waals surface area contributed by atoms with E-state index in [4.69, 9.17) is 28.8 Å². The van der Waals surface area contributed by atoms with Crippen LogP contribution in [0, 0.1) is 20.8 Å². The van der Waals surface area contributed by atoms with E-state index in [0.29, 0.717) is 0 Å². The smallest absolute Gasteiger partial charge is 0.170 e. The largest absolute Gasteiger partial charge is 0.385 e. The fraction of sp³-hybridized carbons (Fsp3) is 0.267. The Hall–Kier alpha value is -3.35. The summed E-state index contributed by atoms with van der Waals surface area (Å²) in [5.41, 5.74) is 8.01. The Balaban J connectivity index is 1.48. The van der Waals surface area contributed by atoms with Gasteiger partial charge in [0.1, 0.15) is 0 Å². The molecule has 0 aliphatic carbocycles. The third-order valence-electron chi connectivity index (χ3n) is 7.08. The van der Waals surface area contributed by atoms with Crippen LogP contribution in [-0.4, -0.2) is 32.7 Å². The summed E-state index contributed by atoms with van der Waals surface area (Å²) in [6.45, 7) is 8.17. The highest BCUT2D eigenvalue weighted by Gasteiger charge is 2.41. The van der Waals surface area contributed by atoms with Gasteiger partial charge in [-0.25, -0.2) is 0 Å². The molecule has 0 bridgehead atoms. The molecule has 0 amide bonds. The molecule has 4 aromatic rings. The maximum atomic E-state index is 6.40. The predicted molar refractivity (Wildman–Crippen MR) is 157 cm³/mol. The molecule has 3 heterocycles. The van der Waals surface area contributed by atoms with Gasteiger partial charge in [-0.1, -0.05) is 41.9 Å². The molecule has 5 nitrogen and oxygen atoms in total. The number of thiocarbonyl (C=S) groups is 1. The first-order valence-corrected chi connectivity index (χ1v) is 13.4. The summed E-state index contributed by atoms with van der Waals surface area (Å²) in [6, 6.07) is 24.7. The fourth-order valence-electron chi connectivity index (χ4n) is 5.30. The molecule has 2 aromatic heterocycles. The molecular weight excluding hydrogens is 498 g/mol. The maximum Gasteiger partial charge on any atom is 0.170 e. The Kier molecular flexibility index (Phi) is 7.49. The standard InChI is InChI=1S/C30H32ClN5S/c1-20-13-14-23(31)19-27(20)36-21(2)18-25(22(36)3)29-28(26-12-7-8-15-33-26)34-30(37)35(29)17-9-16-32-24-10-5-4-6-11-24/h4-8,10-15,18-19,28-29,32H,9,16-17H2,1-3H3,(H,34,37). The van der Waals surface area contributed by atoms with Crippen LogP contribution in [-0.2, 0) is 0 Å². The maximum absolute atomic E-state index is 6.40. The highest BCUT2D eigenvalue weighted by atomic mass is 35.5. The monoisotopic (exact) mass is 529 g/mol. The van der Waals surface area contributed by atoms with Crippen LogP contribution >= 0.6 is 23.8 Å². The minimum atomic E-state index is -0.0369. The van der Waals surface area contributed by atoms with Crippen molar-refractivity contribution >= 4 is 34.6 Å². The Morgan fingerprint density at radius 1 is 1.00 bits per heavy atom. The normalized spacial score (nSPS) is 17.2. The number of nitrogens with one attached hydrogen (secondary N) is 2. The van der Waals surface area contributed by atoms with Crippen LogP contribution in [0.4, 0.5) is 5.69 Å². The summed E-state index contributed by atoms with van der Waals surface area (Å²) in [5, 5.41) is 8.61.